The Morgan fingerprint density at radius 1 is 1.28 bits per heavy atom. The molecule has 0 saturated heterocycles. The lowest BCUT2D eigenvalue weighted by atomic mass is 10.1. The Bertz CT molecular complexity index is 380. The molecule has 1 aromatic rings. The summed E-state index contributed by atoms with van der Waals surface area (Å²) in [6.45, 7) is 9.40. The number of rotatable bonds is 8. The molecule has 1 atom stereocenters. The second kappa shape index (κ2) is 7.69. The molecule has 1 unspecified atom stereocenters. The minimum Gasteiger partial charge on any atom is -0.496 e. The SMILES string of the molecule is C=CCN(CC=C)CC(O)c1ccccc1OC. The number of ether oxygens (including phenoxy) is 1. The first-order valence-electron chi connectivity index (χ1n) is 5.98. The van der Waals surface area contributed by atoms with Gasteiger partial charge in [-0.15, -0.1) is 13.2 Å². The maximum Gasteiger partial charge on any atom is 0.124 e. The maximum absolute atomic E-state index is 10.3. The molecule has 1 N–H and O–H groups in total. The molecule has 0 saturated carbocycles. The van der Waals surface area contributed by atoms with Crippen molar-refractivity contribution in [2.45, 2.75) is 6.10 Å². The summed E-state index contributed by atoms with van der Waals surface area (Å²) in [5, 5.41) is 10.3. The molecule has 0 spiro atoms. The van der Waals surface area contributed by atoms with Gasteiger partial charge in [0, 0.05) is 25.2 Å². The number of para-hydroxylation sites is 1. The average molecular weight is 247 g/mol. The number of aliphatic hydroxyl groups excluding tert-OH is 1. The minimum absolute atomic E-state index is 0.526. The average Bonchev–Trinajstić information content (AvgIpc) is 2.39. The number of methoxy groups -OCH3 is 1. The van der Waals surface area contributed by atoms with E-state index < -0.39 is 6.10 Å². The quantitative estimate of drug-likeness (QED) is 0.716. The first kappa shape index (κ1) is 14.5. The predicted octanol–water partition coefficient (Wildman–Crippen LogP) is 2.40. The Morgan fingerprint density at radius 2 is 1.89 bits per heavy atom. The van der Waals surface area contributed by atoms with Crippen molar-refractivity contribution in [1.29, 1.82) is 0 Å². The number of hydrogen-bond donors (Lipinski definition) is 1. The largest absolute Gasteiger partial charge is 0.496 e. The van der Waals surface area contributed by atoms with Crippen molar-refractivity contribution < 1.29 is 9.84 Å². The molecule has 1 rings (SSSR count). The van der Waals surface area contributed by atoms with Gasteiger partial charge < -0.3 is 9.84 Å². The number of hydrogen-bond acceptors (Lipinski definition) is 3. The highest BCUT2D eigenvalue weighted by atomic mass is 16.5. The summed E-state index contributed by atoms with van der Waals surface area (Å²) in [6.07, 6.45) is 3.05. The molecular weight excluding hydrogens is 226 g/mol. The Hall–Kier alpha value is -1.58. The Labute approximate surface area is 109 Å². The van der Waals surface area contributed by atoms with Gasteiger partial charge in [0.05, 0.1) is 13.2 Å². The van der Waals surface area contributed by atoms with Gasteiger partial charge in [-0.25, -0.2) is 0 Å². The van der Waals surface area contributed by atoms with E-state index in [1.54, 1.807) is 7.11 Å². The van der Waals surface area contributed by atoms with E-state index in [0.29, 0.717) is 12.3 Å². The monoisotopic (exact) mass is 247 g/mol. The van der Waals surface area contributed by atoms with Crippen LogP contribution in [0.4, 0.5) is 0 Å². The lowest BCUT2D eigenvalue weighted by Crippen LogP contribution is -2.29. The van der Waals surface area contributed by atoms with Crippen LogP contribution in [0.25, 0.3) is 0 Å². The van der Waals surface area contributed by atoms with Crippen molar-refractivity contribution in [3.05, 3.63) is 55.1 Å². The molecule has 0 aliphatic heterocycles. The van der Waals surface area contributed by atoms with Crippen LogP contribution in [0.1, 0.15) is 11.7 Å². The van der Waals surface area contributed by atoms with E-state index in [0.717, 1.165) is 18.7 Å². The van der Waals surface area contributed by atoms with Crippen LogP contribution in [-0.4, -0.2) is 36.8 Å². The fourth-order valence-corrected chi connectivity index (χ4v) is 1.87. The Kier molecular flexibility index (Phi) is 6.19. The molecule has 0 bridgehead atoms. The van der Waals surface area contributed by atoms with Crippen LogP contribution in [0.3, 0.4) is 0 Å². The highest BCUT2D eigenvalue weighted by molar-refractivity contribution is 5.35. The predicted molar refractivity (Wildman–Crippen MR) is 74.8 cm³/mol. The first-order valence-corrected chi connectivity index (χ1v) is 5.98. The second-order valence-electron chi connectivity index (χ2n) is 4.05. The van der Waals surface area contributed by atoms with E-state index in [9.17, 15) is 5.11 Å². The molecule has 3 heteroatoms. The van der Waals surface area contributed by atoms with E-state index in [1.807, 2.05) is 36.4 Å². The zero-order chi connectivity index (χ0) is 13.4. The van der Waals surface area contributed by atoms with Crippen molar-refractivity contribution in [2.24, 2.45) is 0 Å². The molecule has 0 amide bonds. The second-order valence-corrected chi connectivity index (χ2v) is 4.05. The van der Waals surface area contributed by atoms with Crippen molar-refractivity contribution in [3.8, 4) is 5.75 Å². The van der Waals surface area contributed by atoms with E-state index >= 15 is 0 Å². The van der Waals surface area contributed by atoms with Gasteiger partial charge in [0.2, 0.25) is 0 Å². The van der Waals surface area contributed by atoms with Crippen LogP contribution >= 0.6 is 0 Å². The molecule has 0 aromatic heterocycles. The van der Waals surface area contributed by atoms with Crippen LogP contribution in [0, 0.1) is 0 Å². The molecular formula is C15H21NO2. The van der Waals surface area contributed by atoms with Gasteiger partial charge >= 0.3 is 0 Å². The van der Waals surface area contributed by atoms with Crippen molar-refractivity contribution >= 4 is 0 Å². The van der Waals surface area contributed by atoms with Crippen LogP contribution in [0.5, 0.6) is 5.75 Å². The van der Waals surface area contributed by atoms with Gasteiger partial charge in [0.1, 0.15) is 5.75 Å². The standard InChI is InChI=1S/C15H21NO2/c1-4-10-16(11-5-2)12-14(17)13-8-6-7-9-15(13)18-3/h4-9,14,17H,1-2,10-12H2,3H3. The molecule has 0 heterocycles. The van der Waals surface area contributed by atoms with E-state index in [-0.39, 0.29) is 0 Å². The number of aliphatic hydroxyl groups is 1. The smallest absolute Gasteiger partial charge is 0.124 e. The van der Waals surface area contributed by atoms with Gasteiger partial charge in [-0.05, 0) is 6.07 Å². The zero-order valence-corrected chi connectivity index (χ0v) is 10.9. The third kappa shape index (κ3) is 4.02. The summed E-state index contributed by atoms with van der Waals surface area (Å²) in [5.41, 5.74) is 0.804. The van der Waals surface area contributed by atoms with Crippen LogP contribution < -0.4 is 4.74 Å². The summed E-state index contributed by atoms with van der Waals surface area (Å²) in [5.74, 6) is 0.710. The summed E-state index contributed by atoms with van der Waals surface area (Å²) in [6, 6.07) is 7.51. The van der Waals surface area contributed by atoms with Crippen LogP contribution in [-0.2, 0) is 0 Å². The van der Waals surface area contributed by atoms with Gasteiger partial charge in [0.15, 0.2) is 0 Å². The molecule has 0 fully saturated rings. The number of nitrogens with zero attached hydrogens (tertiary/aromatic N) is 1. The molecule has 18 heavy (non-hydrogen) atoms. The summed E-state index contributed by atoms with van der Waals surface area (Å²) < 4.78 is 5.25. The van der Waals surface area contributed by atoms with Crippen LogP contribution in [0.2, 0.25) is 0 Å². The topological polar surface area (TPSA) is 32.7 Å². The van der Waals surface area contributed by atoms with Gasteiger partial charge in [-0.1, -0.05) is 30.4 Å². The van der Waals surface area contributed by atoms with Crippen molar-refractivity contribution in [3.63, 3.8) is 0 Å². The zero-order valence-electron chi connectivity index (χ0n) is 10.9. The van der Waals surface area contributed by atoms with Crippen molar-refractivity contribution in [1.82, 2.24) is 4.90 Å². The maximum atomic E-state index is 10.3. The molecule has 98 valence electrons. The first-order chi connectivity index (χ1) is 8.72. The summed E-state index contributed by atoms with van der Waals surface area (Å²) in [4.78, 5) is 2.07. The fraction of sp³-hybridized carbons (Fsp3) is 0.333. The van der Waals surface area contributed by atoms with Gasteiger partial charge in [0.25, 0.3) is 0 Å². The molecule has 1 aromatic carbocycles. The van der Waals surface area contributed by atoms with Gasteiger partial charge in [-0.2, -0.15) is 0 Å². The molecule has 3 nitrogen and oxygen atoms in total. The minimum atomic E-state index is -0.582. The van der Waals surface area contributed by atoms with E-state index in [1.165, 1.54) is 0 Å². The molecule has 0 aliphatic rings. The lowest BCUT2D eigenvalue weighted by molar-refractivity contribution is 0.123. The van der Waals surface area contributed by atoms with E-state index in [4.69, 9.17) is 4.74 Å². The summed E-state index contributed by atoms with van der Waals surface area (Å²) in [7, 11) is 1.61. The van der Waals surface area contributed by atoms with Crippen LogP contribution in [0.15, 0.2) is 49.6 Å². The highest BCUT2D eigenvalue weighted by Crippen LogP contribution is 2.25. The number of benzene rings is 1. The third-order valence-electron chi connectivity index (χ3n) is 2.70. The summed E-state index contributed by atoms with van der Waals surface area (Å²) >= 11 is 0. The highest BCUT2D eigenvalue weighted by Gasteiger charge is 2.15. The van der Waals surface area contributed by atoms with Crippen molar-refractivity contribution in [2.75, 3.05) is 26.7 Å². The fourth-order valence-electron chi connectivity index (χ4n) is 1.87. The molecule has 0 radical (unpaired) electrons. The molecule has 0 aliphatic carbocycles. The Balaban J connectivity index is 2.75. The Morgan fingerprint density at radius 3 is 2.44 bits per heavy atom. The third-order valence-corrected chi connectivity index (χ3v) is 2.70. The van der Waals surface area contributed by atoms with E-state index in [2.05, 4.69) is 18.1 Å². The normalized spacial score (nSPS) is 12.2. The lowest BCUT2D eigenvalue weighted by Gasteiger charge is -2.23. The van der Waals surface area contributed by atoms with Gasteiger partial charge in [-0.3, -0.25) is 4.90 Å².